The van der Waals surface area contributed by atoms with Crippen molar-refractivity contribution in [2.45, 2.75) is 81.1 Å². The minimum atomic E-state index is -3.84. The van der Waals surface area contributed by atoms with Gasteiger partial charge < -0.3 is 9.64 Å². The fourth-order valence-corrected chi connectivity index (χ4v) is 8.33. The zero-order chi connectivity index (χ0) is 28.9. The summed E-state index contributed by atoms with van der Waals surface area (Å²) < 4.78 is 62.4. The number of benzene rings is 1. The smallest absolute Gasteiger partial charge is 0.410 e. The number of fused-ring (bicyclic) bond motifs is 1. The second kappa shape index (κ2) is 10.5. The summed E-state index contributed by atoms with van der Waals surface area (Å²) in [5.41, 5.74) is 1.64. The number of aromatic nitrogens is 2. The number of hydrogen-bond acceptors (Lipinski definition) is 7. The lowest BCUT2D eigenvalue weighted by Crippen LogP contribution is -2.61. The van der Waals surface area contributed by atoms with Crippen LogP contribution in [0.25, 0.3) is 11.0 Å². The summed E-state index contributed by atoms with van der Waals surface area (Å²) in [5.74, 6) is 0.0771. The molecule has 5 rings (SSSR count). The van der Waals surface area contributed by atoms with Gasteiger partial charge in [0.05, 0.1) is 4.90 Å². The predicted molar refractivity (Wildman–Crippen MR) is 152 cm³/mol. The van der Waals surface area contributed by atoms with Crippen molar-refractivity contribution in [2.24, 2.45) is 0 Å². The van der Waals surface area contributed by atoms with Crippen LogP contribution in [-0.4, -0.2) is 66.8 Å². The zero-order valence-electron chi connectivity index (χ0n) is 23.2. The molecule has 1 aliphatic carbocycles. The molecule has 1 saturated heterocycles. The minimum Gasteiger partial charge on any atom is -0.444 e. The van der Waals surface area contributed by atoms with E-state index < -0.39 is 37.0 Å². The van der Waals surface area contributed by atoms with Crippen molar-refractivity contribution >= 4 is 37.2 Å². The lowest BCUT2D eigenvalue weighted by atomic mass is 9.82. The van der Waals surface area contributed by atoms with Crippen LogP contribution >= 0.6 is 0 Å². The standard InChI is InChI=1S/C28H36N4O6S2/c1-19-7-13-22(14-8-19)40(36,37)32-18-25(24-6-5-15-29-26(24)32)20-9-11-21(12-10-20)30-39(34,35)23-16-31(17-23)27(33)38-28(2,3)4/h5-8,13-15,18,20-21,23,30H,9-12,16-17H2,1-4H3/t20-,21-. The van der Waals surface area contributed by atoms with Crippen LogP contribution in [0.1, 0.15) is 63.5 Å². The highest BCUT2D eigenvalue weighted by atomic mass is 32.2. The number of aryl methyl sites for hydroxylation is 1. The fraction of sp³-hybridized carbons (Fsp3) is 0.500. The van der Waals surface area contributed by atoms with Crippen LogP contribution in [-0.2, 0) is 24.8 Å². The van der Waals surface area contributed by atoms with Crippen LogP contribution in [0, 0.1) is 6.92 Å². The van der Waals surface area contributed by atoms with Gasteiger partial charge in [0.2, 0.25) is 10.0 Å². The highest BCUT2D eigenvalue weighted by Crippen LogP contribution is 2.38. The third-order valence-corrected chi connectivity index (χ3v) is 11.1. The van der Waals surface area contributed by atoms with Crippen molar-refractivity contribution in [3.8, 4) is 0 Å². The fourth-order valence-electron chi connectivity index (χ4n) is 5.35. The van der Waals surface area contributed by atoms with E-state index in [1.54, 1.807) is 63.5 Å². The summed E-state index contributed by atoms with van der Waals surface area (Å²) in [7, 11) is -7.43. The maximum absolute atomic E-state index is 13.5. The monoisotopic (exact) mass is 588 g/mol. The summed E-state index contributed by atoms with van der Waals surface area (Å²) in [6.45, 7) is 7.45. The molecule has 12 heteroatoms. The normalized spacial score (nSPS) is 20.9. The van der Waals surface area contributed by atoms with Crippen LogP contribution in [0.4, 0.5) is 4.79 Å². The van der Waals surface area contributed by atoms with E-state index in [0.29, 0.717) is 31.3 Å². The van der Waals surface area contributed by atoms with Gasteiger partial charge in [-0.25, -0.2) is 35.3 Å². The van der Waals surface area contributed by atoms with E-state index >= 15 is 0 Å². The van der Waals surface area contributed by atoms with Crippen molar-refractivity contribution in [3.05, 3.63) is 59.9 Å². The van der Waals surface area contributed by atoms with Crippen molar-refractivity contribution in [1.29, 1.82) is 0 Å². The molecule has 1 N–H and O–H groups in total. The van der Waals surface area contributed by atoms with Crippen molar-refractivity contribution in [1.82, 2.24) is 18.6 Å². The quantitative estimate of drug-likeness (QED) is 0.458. The molecule has 10 nitrogen and oxygen atoms in total. The number of carbonyl (C=O) groups is 1. The average molecular weight is 589 g/mol. The largest absolute Gasteiger partial charge is 0.444 e. The molecule has 2 aliphatic rings. The van der Waals surface area contributed by atoms with E-state index in [1.807, 2.05) is 13.0 Å². The summed E-state index contributed by atoms with van der Waals surface area (Å²) in [6, 6.07) is 10.2. The Balaban J connectivity index is 1.25. The Morgan fingerprint density at radius 1 is 1.00 bits per heavy atom. The Morgan fingerprint density at radius 3 is 2.27 bits per heavy atom. The number of sulfonamides is 1. The van der Waals surface area contributed by atoms with E-state index in [9.17, 15) is 21.6 Å². The van der Waals surface area contributed by atoms with Crippen LogP contribution in [0.5, 0.6) is 0 Å². The van der Waals surface area contributed by atoms with Crippen LogP contribution in [0.2, 0.25) is 0 Å². The Morgan fingerprint density at radius 2 is 1.65 bits per heavy atom. The molecule has 0 unspecified atom stereocenters. The van der Waals surface area contributed by atoms with Crippen LogP contribution in [0.3, 0.4) is 0 Å². The predicted octanol–water partition coefficient (Wildman–Crippen LogP) is 4.15. The Labute approximate surface area is 235 Å². The molecule has 3 heterocycles. The first kappa shape index (κ1) is 28.6. The molecule has 2 fully saturated rings. The number of rotatable bonds is 6. The molecule has 2 aromatic heterocycles. The van der Waals surface area contributed by atoms with Gasteiger partial charge in [0, 0.05) is 36.9 Å². The molecule has 216 valence electrons. The molecule has 0 atom stereocenters. The molecule has 1 amide bonds. The van der Waals surface area contributed by atoms with Gasteiger partial charge >= 0.3 is 6.09 Å². The summed E-state index contributed by atoms with van der Waals surface area (Å²) >= 11 is 0. The van der Waals surface area contributed by atoms with E-state index in [-0.39, 0.29) is 29.9 Å². The van der Waals surface area contributed by atoms with Crippen LogP contribution < -0.4 is 4.72 Å². The number of pyridine rings is 1. The Bertz CT molecular complexity index is 1610. The number of likely N-dealkylation sites (tertiary alicyclic amines) is 1. The zero-order valence-corrected chi connectivity index (χ0v) is 24.8. The molecule has 1 saturated carbocycles. The van der Waals surface area contributed by atoms with Gasteiger partial charge in [-0.15, -0.1) is 0 Å². The minimum absolute atomic E-state index is 0.0771. The third kappa shape index (κ3) is 5.75. The number of nitrogens with one attached hydrogen (secondary N) is 1. The summed E-state index contributed by atoms with van der Waals surface area (Å²) in [6.07, 6.45) is 5.44. The number of nitrogens with zero attached hydrogens (tertiary/aromatic N) is 3. The van der Waals surface area contributed by atoms with Crippen molar-refractivity contribution < 1.29 is 26.4 Å². The lowest BCUT2D eigenvalue weighted by Gasteiger charge is -2.40. The van der Waals surface area contributed by atoms with Crippen LogP contribution in [0.15, 0.2) is 53.7 Å². The lowest BCUT2D eigenvalue weighted by molar-refractivity contribution is 0.0138. The van der Waals surface area contributed by atoms with Gasteiger partial charge in [0.15, 0.2) is 5.65 Å². The van der Waals surface area contributed by atoms with Gasteiger partial charge in [-0.1, -0.05) is 17.7 Å². The molecule has 0 spiro atoms. The summed E-state index contributed by atoms with van der Waals surface area (Å²) in [4.78, 5) is 18.2. The number of ether oxygens (including phenoxy) is 1. The maximum Gasteiger partial charge on any atom is 0.410 e. The van der Waals surface area contributed by atoms with Crippen molar-refractivity contribution in [2.75, 3.05) is 13.1 Å². The molecule has 1 aromatic carbocycles. The molecular formula is C28H36N4O6S2. The average Bonchev–Trinajstić information content (AvgIpc) is 3.23. The van der Waals surface area contributed by atoms with Crippen molar-refractivity contribution in [3.63, 3.8) is 0 Å². The van der Waals surface area contributed by atoms with E-state index in [1.165, 1.54) is 8.87 Å². The molecule has 3 aromatic rings. The first-order valence-electron chi connectivity index (χ1n) is 13.5. The molecule has 0 bridgehead atoms. The number of carbonyl (C=O) groups excluding carboxylic acids is 1. The number of hydrogen-bond donors (Lipinski definition) is 1. The van der Waals surface area contributed by atoms with Gasteiger partial charge in [0.1, 0.15) is 10.9 Å². The molecule has 0 radical (unpaired) electrons. The van der Waals surface area contributed by atoms with E-state index in [2.05, 4.69) is 9.71 Å². The topological polar surface area (TPSA) is 128 Å². The first-order chi connectivity index (χ1) is 18.7. The molecule has 40 heavy (non-hydrogen) atoms. The van der Waals surface area contributed by atoms with Gasteiger partial charge in [0.25, 0.3) is 10.0 Å². The second-order valence-electron chi connectivity index (χ2n) is 11.8. The van der Waals surface area contributed by atoms with Gasteiger partial charge in [-0.2, -0.15) is 0 Å². The maximum atomic E-state index is 13.5. The molecule has 1 aliphatic heterocycles. The van der Waals surface area contributed by atoms with E-state index in [0.717, 1.165) is 16.5 Å². The Kier molecular flexibility index (Phi) is 7.47. The summed E-state index contributed by atoms with van der Waals surface area (Å²) in [5, 5.41) is 0.132. The molecular weight excluding hydrogens is 552 g/mol. The SMILES string of the molecule is Cc1ccc(S(=O)(=O)n2cc([C@H]3CC[C@H](NS(=O)(=O)C4CN(C(=O)OC(C)(C)C)C4)CC3)c3cccnc32)cc1. The third-order valence-electron chi connectivity index (χ3n) is 7.58. The van der Waals surface area contributed by atoms with Gasteiger partial charge in [-0.3, -0.25) is 0 Å². The Hall–Kier alpha value is -2.96. The highest BCUT2D eigenvalue weighted by Gasteiger charge is 2.42. The van der Waals surface area contributed by atoms with Gasteiger partial charge in [-0.05, 0) is 89.1 Å². The second-order valence-corrected chi connectivity index (χ2v) is 15.6. The highest BCUT2D eigenvalue weighted by molar-refractivity contribution is 7.90. The first-order valence-corrected chi connectivity index (χ1v) is 16.5. The number of amides is 1. The van der Waals surface area contributed by atoms with E-state index in [4.69, 9.17) is 4.74 Å².